The van der Waals surface area contributed by atoms with Crippen LogP contribution >= 0.6 is 11.3 Å². The van der Waals surface area contributed by atoms with Gasteiger partial charge in [0.15, 0.2) is 5.54 Å². The molecule has 1 amide bonds. The van der Waals surface area contributed by atoms with Gasteiger partial charge in [-0.2, -0.15) is 5.10 Å². The Labute approximate surface area is 216 Å². The summed E-state index contributed by atoms with van der Waals surface area (Å²) in [7, 11) is 0. The van der Waals surface area contributed by atoms with Crippen molar-refractivity contribution in [1.29, 1.82) is 0 Å². The summed E-state index contributed by atoms with van der Waals surface area (Å²) in [5.74, 6) is -5.78. The minimum atomic E-state index is -2.04. The topological polar surface area (TPSA) is 126 Å². The van der Waals surface area contributed by atoms with E-state index in [1.807, 2.05) is 20.8 Å². The van der Waals surface area contributed by atoms with Crippen LogP contribution in [0.2, 0.25) is 0 Å². The molecule has 3 atom stereocenters. The van der Waals surface area contributed by atoms with Gasteiger partial charge in [-0.15, -0.1) is 11.3 Å². The molecule has 0 radical (unpaired) electrons. The molecule has 37 heavy (non-hydrogen) atoms. The molecule has 1 aliphatic heterocycles. The highest BCUT2D eigenvalue weighted by molar-refractivity contribution is 7.09. The Balaban J connectivity index is 1.96. The Morgan fingerprint density at radius 1 is 1.27 bits per heavy atom. The molecule has 0 unspecified atom stereocenters. The van der Waals surface area contributed by atoms with Crippen molar-refractivity contribution in [1.82, 2.24) is 19.7 Å². The minimum Gasteiger partial charge on any atom is -0.481 e. The number of aliphatic carboxylic acids is 2. The van der Waals surface area contributed by atoms with Crippen molar-refractivity contribution >= 4 is 35.3 Å². The Kier molecular flexibility index (Phi) is 6.76. The maximum absolute atomic E-state index is 15.6. The number of nitrogens with zero attached hydrogens (tertiary/aromatic N) is 4. The van der Waals surface area contributed by atoms with E-state index in [-0.39, 0.29) is 17.1 Å². The lowest BCUT2D eigenvalue weighted by Gasteiger charge is -2.37. The lowest BCUT2D eigenvalue weighted by molar-refractivity contribution is -0.150. The third-order valence-corrected chi connectivity index (χ3v) is 7.54. The summed E-state index contributed by atoms with van der Waals surface area (Å²) in [5.41, 5.74) is -1.72. The molecule has 0 spiro atoms. The second-order valence-corrected chi connectivity index (χ2v) is 11.0. The van der Waals surface area contributed by atoms with Crippen LogP contribution in [0.1, 0.15) is 59.7 Å². The minimum absolute atomic E-state index is 0.250. The number of halogens is 1. The number of benzene rings is 1. The SMILES string of the molecule is C=Cc1cc(C(=O)N2[C@@H](c3nccs3)[C@@H](C(=O)O)C[C@@]2(Cn2cccn2)C(=O)O)c(F)cc1C(C)(C)C. The zero-order valence-electron chi connectivity index (χ0n) is 20.6. The number of rotatable bonds is 7. The van der Waals surface area contributed by atoms with Crippen molar-refractivity contribution in [3.63, 3.8) is 0 Å². The van der Waals surface area contributed by atoms with Gasteiger partial charge in [-0.25, -0.2) is 14.2 Å². The zero-order chi connectivity index (χ0) is 27.1. The first-order valence-electron chi connectivity index (χ1n) is 11.5. The Bertz CT molecular complexity index is 1350. The summed E-state index contributed by atoms with van der Waals surface area (Å²) >= 11 is 1.10. The fourth-order valence-corrected chi connectivity index (χ4v) is 5.78. The number of carboxylic acid groups (broad SMARTS) is 2. The zero-order valence-corrected chi connectivity index (χ0v) is 21.4. The van der Waals surface area contributed by atoms with Crippen molar-refractivity contribution < 1.29 is 29.0 Å². The van der Waals surface area contributed by atoms with E-state index in [0.717, 1.165) is 16.2 Å². The van der Waals surface area contributed by atoms with Crippen molar-refractivity contribution in [2.24, 2.45) is 5.92 Å². The summed E-state index contributed by atoms with van der Waals surface area (Å²) in [6, 6.07) is 2.96. The van der Waals surface area contributed by atoms with Crippen LogP contribution in [0.4, 0.5) is 4.39 Å². The van der Waals surface area contributed by atoms with Crippen molar-refractivity contribution in [3.05, 3.63) is 76.3 Å². The largest absolute Gasteiger partial charge is 0.481 e. The van der Waals surface area contributed by atoms with Gasteiger partial charge in [-0.1, -0.05) is 33.4 Å². The highest BCUT2D eigenvalue weighted by Crippen LogP contribution is 2.49. The fraction of sp³-hybridized carbons (Fsp3) is 0.346. The molecular formula is C26H27FN4O5S. The van der Waals surface area contributed by atoms with Gasteiger partial charge >= 0.3 is 11.9 Å². The Morgan fingerprint density at radius 3 is 2.51 bits per heavy atom. The van der Waals surface area contributed by atoms with Gasteiger partial charge in [0.2, 0.25) is 0 Å². The number of thiazole rings is 1. The molecule has 0 aliphatic carbocycles. The summed E-state index contributed by atoms with van der Waals surface area (Å²) < 4.78 is 16.9. The maximum atomic E-state index is 15.6. The van der Waals surface area contributed by atoms with Gasteiger partial charge < -0.3 is 15.1 Å². The molecule has 194 valence electrons. The molecule has 1 aliphatic rings. The predicted molar refractivity (Wildman–Crippen MR) is 135 cm³/mol. The quantitative estimate of drug-likeness (QED) is 0.472. The van der Waals surface area contributed by atoms with E-state index in [1.54, 1.807) is 11.4 Å². The number of hydrogen-bond acceptors (Lipinski definition) is 6. The normalized spacial score (nSPS) is 21.7. The van der Waals surface area contributed by atoms with Crippen LogP contribution in [0, 0.1) is 11.7 Å². The van der Waals surface area contributed by atoms with E-state index in [2.05, 4.69) is 16.7 Å². The van der Waals surface area contributed by atoms with E-state index >= 15 is 4.39 Å². The van der Waals surface area contributed by atoms with Crippen molar-refractivity contribution in [2.45, 2.75) is 50.7 Å². The van der Waals surface area contributed by atoms with Crippen molar-refractivity contribution in [3.8, 4) is 0 Å². The molecule has 0 saturated carbocycles. The molecule has 2 aromatic heterocycles. The number of hydrogen-bond donors (Lipinski definition) is 2. The monoisotopic (exact) mass is 526 g/mol. The van der Waals surface area contributed by atoms with E-state index in [1.165, 1.54) is 41.5 Å². The molecule has 11 heteroatoms. The number of likely N-dealkylation sites (tertiary alicyclic amines) is 1. The van der Waals surface area contributed by atoms with Crippen LogP contribution in [-0.4, -0.2) is 53.3 Å². The van der Waals surface area contributed by atoms with Crippen molar-refractivity contribution in [2.75, 3.05) is 0 Å². The highest BCUT2D eigenvalue weighted by Gasteiger charge is 2.62. The average molecular weight is 527 g/mol. The first-order chi connectivity index (χ1) is 17.4. The number of carboxylic acids is 2. The molecule has 4 rings (SSSR count). The van der Waals surface area contributed by atoms with E-state index in [4.69, 9.17) is 0 Å². The first-order valence-corrected chi connectivity index (χ1v) is 12.4. The molecule has 3 aromatic rings. The molecule has 1 aromatic carbocycles. The molecule has 0 bridgehead atoms. The summed E-state index contributed by atoms with van der Waals surface area (Å²) in [4.78, 5) is 44.7. The van der Waals surface area contributed by atoms with Crippen LogP contribution in [0.3, 0.4) is 0 Å². The number of amides is 1. The average Bonchev–Trinajstić information content (AvgIpc) is 3.58. The molecular weight excluding hydrogens is 499 g/mol. The third-order valence-electron chi connectivity index (χ3n) is 6.70. The smallest absolute Gasteiger partial charge is 0.331 e. The van der Waals surface area contributed by atoms with Crippen LogP contribution in [0.15, 0.2) is 48.7 Å². The van der Waals surface area contributed by atoms with Crippen LogP contribution < -0.4 is 0 Å². The van der Waals surface area contributed by atoms with E-state index in [9.17, 15) is 24.6 Å². The fourth-order valence-electron chi connectivity index (χ4n) is 4.99. The highest BCUT2D eigenvalue weighted by atomic mass is 32.1. The summed E-state index contributed by atoms with van der Waals surface area (Å²) in [6.07, 6.45) is 5.51. The molecule has 3 heterocycles. The third kappa shape index (κ3) is 4.55. The summed E-state index contributed by atoms with van der Waals surface area (Å²) in [6.45, 7) is 9.15. The second kappa shape index (κ2) is 9.55. The maximum Gasteiger partial charge on any atom is 0.331 e. The molecule has 2 N–H and O–H groups in total. The summed E-state index contributed by atoms with van der Waals surface area (Å²) in [5, 5.41) is 26.5. The molecule has 1 fully saturated rings. The standard InChI is InChI=1S/C26H27FN4O5S/c1-5-15-11-16(19(27)12-18(15)25(2,3)4)22(32)31-20(21-28-8-10-37-21)17(23(33)34)13-26(31,24(35)36)14-30-9-6-7-29-30/h5-12,17,20H,1,13-14H2,2-4H3,(H,33,34)(H,35,36)/t17-,20+,26+/m0/s1. The Morgan fingerprint density at radius 2 is 2.00 bits per heavy atom. The van der Waals surface area contributed by atoms with Crippen LogP contribution in [0.5, 0.6) is 0 Å². The van der Waals surface area contributed by atoms with E-state index < -0.39 is 53.0 Å². The van der Waals surface area contributed by atoms with Gasteiger partial charge in [0, 0.05) is 24.0 Å². The van der Waals surface area contributed by atoms with Crippen LogP contribution in [0.25, 0.3) is 6.08 Å². The van der Waals surface area contributed by atoms with Gasteiger partial charge in [-0.05, 0) is 41.2 Å². The lowest BCUT2D eigenvalue weighted by Crippen LogP contribution is -2.56. The lowest BCUT2D eigenvalue weighted by atomic mass is 9.82. The number of carbonyl (C=O) groups excluding carboxylic acids is 1. The van der Waals surface area contributed by atoms with Gasteiger partial charge in [0.25, 0.3) is 5.91 Å². The number of carbonyl (C=O) groups is 3. The molecule has 9 nitrogen and oxygen atoms in total. The second-order valence-electron chi connectivity index (χ2n) is 10.1. The van der Waals surface area contributed by atoms with Gasteiger partial charge in [0.05, 0.1) is 24.1 Å². The first kappa shape index (κ1) is 26.2. The predicted octanol–water partition coefficient (Wildman–Crippen LogP) is 4.23. The van der Waals surface area contributed by atoms with Gasteiger partial charge in [-0.3, -0.25) is 14.3 Å². The molecule has 1 saturated heterocycles. The van der Waals surface area contributed by atoms with Gasteiger partial charge in [0.1, 0.15) is 10.8 Å². The van der Waals surface area contributed by atoms with E-state index in [0.29, 0.717) is 11.1 Å². The Hall–Kier alpha value is -3.86. The number of aromatic nitrogens is 3. The van der Waals surface area contributed by atoms with Crippen LogP contribution in [-0.2, 0) is 21.5 Å².